The van der Waals surface area contributed by atoms with E-state index in [4.69, 9.17) is 4.74 Å². The molecule has 0 aliphatic carbocycles. The highest BCUT2D eigenvalue weighted by Crippen LogP contribution is 2.44. The standard InChI is InChI=1S/C27H26N2O5S/c1-4-5-14-34-20-13-9-12-19(15-20)22-21(23(31)18-10-7-6-8-11-18)24(32)26(33)29(22)27-28-16(2)25(35-27)17(3)30/h6-13,15,22,31H,4-5,14H2,1-3H3/b23-21+. The summed E-state index contributed by atoms with van der Waals surface area (Å²) in [5.74, 6) is -1.47. The number of hydrogen-bond acceptors (Lipinski definition) is 7. The molecule has 1 saturated heterocycles. The van der Waals surface area contributed by atoms with Crippen molar-refractivity contribution in [1.29, 1.82) is 0 Å². The summed E-state index contributed by atoms with van der Waals surface area (Å²) in [6, 6.07) is 14.8. The minimum absolute atomic E-state index is 0.0378. The second-order valence-electron chi connectivity index (χ2n) is 8.28. The Balaban J connectivity index is 1.89. The Hall–Kier alpha value is -3.78. The highest BCUT2D eigenvalue weighted by molar-refractivity contribution is 7.18. The highest BCUT2D eigenvalue weighted by atomic mass is 32.1. The number of nitrogens with zero attached hydrogens (tertiary/aromatic N) is 2. The van der Waals surface area contributed by atoms with Crippen LogP contribution in [0.15, 0.2) is 60.2 Å². The summed E-state index contributed by atoms with van der Waals surface area (Å²) in [4.78, 5) is 44.8. The van der Waals surface area contributed by atoms with Crippen molar-refractivity contribution < 1.29 is 24.2 Å². The van der Waals surface area contributed by atoms with E-state index in [0.717, 1.165) is 24.2 Å². The zero-order chi connectivity index (χ0) is 25.1. The van der Waals surface area contributed by atoms with Gasteiger partial charge in [-0.2, -0.15) is 0 Å². The summed E-state index contributed by atoms with van der Waals surface area (Å²) in [6.07, 6.45) is 1.88. The van der Waals surface area contributed by atoms with Crippen molar-refractivity contribution in [2.75, 3.05) is 11.5 Å². The van der Waals surface area contributed by atoms with Crippen molar-refractivity contribution in [3.8, 4) is 5.75 Å². The molecule has 35 heavy (non-hydrogen) atoms. The first-order valence-electron chi connectivity index (χ1n) is 11.4. The monoisotopic (exact) mass is 490 g/mol. The van der Waals surface area contributed by atoms with Crippen LogP contribution in [0.3, 0.4) is 0 Å². The number of aromatic nitrogens is 1. The van der Waals surface area contributed by atoms with E-state index in [2.05, 4.69) is 11.9 Å². The van der Waals surface area contributed by atoms with E-state index in [1.807, 2.05) is 6.07 Å². The fourth-order valence-electron chi connectivity index (χ4n) is 4.02. The molecular formula is C27H26N2O5S. The molecule has 1 fully saturated rings. The van der Waals surface area contributed by atoms with Crippen LogP contribution < -0.4 is 9.64 Å². The number of amides is 1. The van der Waals surface area contributed by atoms with Gasteiger partial charge in [-0.05, 0) is 31.0 Å². The number of carbonyl (C=O) groups excluding carboxylic acids is 3. The van der Waals surface area contributed by atoms with E-state index >= 15 is 0 Å². The highest BCUT2D eigenvalue weighted by Gasteiger charge is 2.48. The van der Waals surface area contributed by atoms with Crippen LogP contribution in [0.5, 0.6) is 5.75 Å². The van der Waals surface area contributed by atoms with Crippen LogP contribution >= 0.6 is 11.3 Å². The summed E-state index contributed by atoms with van der Waals surface area (Å²) in [7, 11) is 0. The van der Waals surface area contributed by atoms with Crippen molar-refractivity contribution in [2.24, 2.45) is 0 Å². The average Bonchev–Trinajstić information content (AvgIpc) is 3.36. The van der Waals surface area contributed by atoms with Gasteiger partial charge >= 0.3 is 5.91 Å². The Morgan fingerprint density at radius 2 is 1.89 bits per heavy atom. The maximum Gasteiger partial charge on any atom is 0.301 e. The Morgan fingerprint density at radius 1 is 1.14 bits per heavy atom. The number of rotatable bonds is 8. The third kappa shape index (κ3) is 4.74. The van der Waals surface area contributed by atoms with E-state index in [0.29, 0.717) is 34.1 Å². The molecule has 1 aromatic heterocycles. The van der Waals surface area contributed by atoms with Gasteiger partial charge in [0.15, 0.2) is 10.9 Å². The number of anilines is 1. The van der Waals surface area contributed by atoms with Gasteiger partial charge < -0.3 is 9.84 Å². The SMILES string of the molecule is CCCCOc1cccc(C2/C(=C(\O)c3ccccc3)C(=O)C(=O)N2c2nc(C)c(C(C)=O)s2)c1. The smallest absolute Gasteiger partial charge is 0.301 e. The third-order valence-electron chi connectivity index (χ3n) is 5.74. The summed E-state index contributed by atoms with van der Waals surface area (Å²) in [6.45, 7) is 5.73. The zero-order valence-electron chi connectivity index (χ0n) is 19.8. The molecule has 4 rings (SSSR count). The molecule has 0 bridgehead atoms. The van der Waals surface area contributed by atoms with Crippen molar-refractivity contribution in [3.63, 3.8) is 0 Å². The molecule has 180 valence electrons. The molecule has 2 aromatic carbocycles. The Morgan fingerprint density at radius 3 is 2.54 bits per heavy atom. The Kier molecular flexibility index (Phi) is 7.12. The molecular weight excluding hydrogens is 464 g/mol. The quantitative estimate of drug-likeness (QED) is 0.148. The van der Waals surface area contributed by atoms with Crippen LogP contribution in [-0.4, -0.2) is 34.2 Å². The van der Waals surface area contributed by atoms with Crippen molar-refractivity contribution in [2.45, 2.75) is 39.7 Å². The number of unbranched alkanes of at least 4 members (excludes halogenated alkanes) is 1. The summed E-state index contributed by atoms with van der Waals surface area (Å²) in [5.41, 5.74) is 1.46. The lowest BCUT2D eigenvalue weighted by Gasteiger charge is -2.23. The van der Waals surface area contributed by atoms with Gasteiger partial charge in [0.2, 0.25) is 0 Å². The van der Waals surface area contributed by atoms with Gasteiger partial charge in [0.05, 0.1) is 28.8 Å². The van der Waals surface area contributed by atoms with Crippen molar-refractivity contribution >= 4 is 39.7 Å². The van der Waals surface area contributed by atoms with Gasteiger partial charge in [-0.25, -0.2) is 4.98 Å². The molecule has 7 nitrogen and oxygen atoms in total. The lowest BCUT2D eigenvalue weighted by atomic mass is 9.95. The van der Waals surface area contributed by atoms with Gasteiger partial charge in [0, 0.05) is 12.5 Å². The predicted octanol–water partition coefficient (Wildman–Crippen LogP) is 5.46. The van der Waals surface area contributed by atoms with E-state index < -0.39 is 17.7 Å². The van der Waals surface area contributed by atoms with Gasteiger partial charge in [0.25, 0.3) is 5.78 Å². The molecule has 3 aromatic rings. The van der Waals surface area contributed by atoms with E-state index in [9.17, 15) is 19.5 Å². The molecule has 1 unspecified atom stereocenters. The first-order chi connectivity index (χ1) is 16.8. The maximum absolute atomic E-state index is 13.3. The number of carbonyl (C=O) groups is 3. The largest absolute Gasteiger partial charge is 0.507 e. The lowest BCUT2D eigenvalue weighted by Crippen LogP contribution is -2.29. The van der Waals surface area contributed by atoms with Crippen molar-refractivity contribution in [1.82, 2.24) is 4.98 Å². The number of aliphatic hydroxyl groups is 1. The number of thiazole rings is 1. The molecule has 1 atom stereocenters. The van der Waals surface area contributed by atoms with E-state index in [1.54, 1.807) is 55.5 Å². The summed E-state index contributed by atoms with van der Waals surface area (Å²) < 4.78 is 5.85. The lowest BCUT2D eigenvalue weighted by molar-refractivity contribution is -0.132. The van der Waals surface area contributed by atoms with Crippen molar-refractivity contribution in [3.05, 3.63) is 81.9 Å². The van der Waals surface area contributed by atoms with Crippen LogP contribution in [-0.2, 0) is 9.59 Å². The van der Waals surface area contributed by atoms with E-state index in [-0.39, 0.29) is 22.2 Å². The van der Waals surface area contributed by atoms with Gasteiger partial charge in [-0.15, -0.1) is 0 Å². The maximum atomic E-state index is 13.3. The fourth-order valence-corrected chi connectivity index (χ4v) is 5.01. The topological polar surface area (TPSA) is 96.8 Å². The zero-order valence-corrected chi connectivity index (χ0v) is 20.6. The molecule has 0 saturated carbocycles. The fraction of sp³-hybridized carbons (Fsp3) is 0.259. The number of ketones is 2. The van der Waals surface area contributed by atoms with Crippen LogP contribution in [0.4, 0.5) is 5.13 Å². The molecule has 0 spiro atoms. The summed E-state index contributed by atoms with van der Waals surface area (Å²) in [5, 5.41) is 11.4. The first-order valence-corrected chi connectivity index (χ1v) is 12.2. The number of hydrogen-bond donors (Lipinski definition) is 1. The number of ether oxygens (including phenoxy) is 1. The molecule has 1 amide bonds. The molecule has 1 aliphatic rings. The van der Waals surface area contributed by atoms with Crippen LogP contribution in [0.1, 0.15) is 59.2 Å². The summed E-state index contributed by atoms with van der Waals surface area (Å²) >= 11 is 1.06. The number of benzene rings is 2. The third-order valence-corrected chi connectivity index (χ3v) is 7.00. The minimum Gasteiger partial charge on any atom is -0.507 e. The molecule has 2 heterocycles. The van der Waals surface area contributed by atoms with Gasteiger partial charge in [-0.1, -0.05) is 67.1 Å². The first kappa shape index (κ1) is 24.3. The number of aliphatic hydroxyl groups excluding tert-OH is 1. The van der Waals surface area contributed by atoms with Crippen LogP contribution in [0, 0.1) is 6.92 Å². The van der Waals surface area contributed by atoms with E-state index in [1.165, 1.54) is 11.8 Å². The van der Waals surface area contributed by atoms with Crippen LogP contribution in [0.25, 0.3) is 5.76 Å². The second-order valence-corrected chi connectivity index (χ2v) is 9.25. The molecule has 0 radical (unpaired) electrons. The minimum atomic E-state index is -0.935. The Labute approximate surface area is 207 Å². The predicted molar refractivity (Wildman–Crippen MR) is 135 cm³/mol. The normalized spacial score (nSPS) is 17.1. The number of Topliss-reactive ketones (excluding diaryl/α,β-unsaturated/α-hetero) is 2. The second kappa shape index (κ2) is 10.2. The molecule has 8 heteroatoms. The Bertz CT molecular complexity index is 1310. The van der Waals surface area contributed by atoms with Gasteiger partial charge in [0.1, 0.15) is 11.5 Å². The van der Waals surface area contributed by atoms with Gasteiger partial charge in [-0.3, -0.25) is 19.3 Å². The average molecular weight is 491 g/mol. The molecule has 1 N–H and O–H groups in total. The molecule has 1 aliphatic heterocycles. The number of aryl methyl sites for hydroxylation is 1. The van der Waals surface area contributed by atoms with Crippen LogP contribution in [0.2, 0.25) is 0 Å².